The summed E-state index contributed by atoms with van der Waals surface area (Å²) in [6, 6.07) is 37.4. The highest BCUT2D eigenvalue weighted by Crippen LogP contribution is 2.45. The lowest BCUT2D eigenvalue weighted by Crippen LogP contribution is -2.30. The van der Waals surface area contributed by atoms with Gasteiger partial charge in [-0.15, -0.1) is 0 Å². The zero-order chi connectivity index (χ0) is 45.0. The van der Waals surface area contributed by atoms with Gasteiger partial charge in [-0.1, -0.05) is 61.4 Å². The van der Waals surface area contributed by atoms with Gasteiger partial charge in [-0.3, -0.25) is 33.6 Å². The van der Waals surface area contributed by atoms with E-state index in [1.807, 2.05) is 54.6 Å². The Kier molecular flexibility index (Phi) is 8.69. The highest BCUT2D eigenvalue weighted by molar-refractivity contribution is 6.36. The molecule has 7 aromatic carbocycles. The molecule has 318 valence electrons. The Hall–Kier alpha value is -8.64. The maximum absolute atomic E-state index is 14.4. The zero-order valence-electron chi connectivity index (χ0n) is 34.8. The van der Waals surface area contributed by atoms with E-state index >= 15 is 0 Å². The van der Waals surface area contributed by atoms with Crippen molar-refractivity contribution in [2.75, 3.05) is 4.90 Å². The SMILES string of the molecule is O=C1c2ccccc2C(=O)c2c1ccc1c(=O)[nH]c(C3C(=O)c4cc5cc6c(cc5cc4C3=O)C(=O)N(c3ccc(Oc4cccc(Oc5ccccc5)c4)cc3C3CCCC3)C6=O)nc21. The zero-order valence-corrected chi connectivity index (χ0v) is 34.8. The number of aromatic amines is 1. The maximum atomic E-state index is 14.4. The maximum Gasteiger partial charge on any atom is 0.266 e. The average molecular weight is 868 g/mol. The van der Waals surface area contributed by atoms with Crippen LogP contribution in [-0.4, -0.2) is 44.9 Å². The lowest BCUT2D eigenvalue weighted by molar-refractivity contribution is 0.0879. The molecule has 0 atom stereocenters. The van der Waals surface area contributed by atoms with E-state index in [2.05, 4.69) is 9.97 Å². The molecular weight excluding hydrogens is 835 g/mol. The van der Waals surface area contributed by atoms with Crippen LogP contribution in [0.4, 0.5) is 5.69 Å². The van der Waals surface area contributed by atoms with Gasteiger partial charge in [-0.05, 0) is 114 Å². The summed E-state index contributed by atoms with van der Waals surface area (Å²) >= 11 is 0. The Morgan fingerprint density at radius 2 is 1.09 bits per heavy atom. The molecule has 1 aliphatic heterocycles. The smallest absolute Gasteiger partial charge is 0.266 e. The van der Waals surface area contributed by atoms with Gasteiger partial charge >= 0.3 is 0 Å². The summed E-state index contributed by atoms with van der Waals surface area (Å²) in [4.78, 5) is 106. The normalized spacial score (nSPS) is 15.7. The van der Waals surface area contributed by atoms with Gasteiger partial charge in [0.2, 0.25) is 0 Å². The number of para-hydroxylation sites is 1. The third-order valence-corrected chi connectivity index (χ3v) is 13.1. The van der Waals surface area contributed by atoms with Crippen molar-refractivity contribution in [3.63, 3.8) is 0 Å². The highest BCUT2D eigenvalue weighted by Gasteiger charge is 2.44. The summed E-state index contributed by atoms with van der Waals surface area (Å²) in [5.74, 6) is -2.57. The minimum absolute atomic E-state index is 0.0210. The number of ketones is 4. The molecule has 12 heteroatoms. The standard InChI is InChI=1S/C54H33N3O9/c58-47-34-15-6-7-16-35(34)48(59)44-36(47)18-19-37-46(44)55-51(56-52(37)62)45-49(60)39-21-28-23-41-42(24-29(28)22-40(39)50(45)61)54(64)57(53(41)63)43-20-17-33(26-38(43)27-9-4-5-10-27)66-32-14-8-13-31(25-32)65-30-11-2-1-3-12-30/h1-3,6-8,11-27,45H,4-5,9-10H2,(H,55,56,62). The molecule has 3 aliphatic carbocycles. The lowest BCUT2D eigenvalue weighted by atomic mass is 9.83. The molecule has 0 saturated heterocycles. The van der Waals surface area contributed by atoms with Crippen LogP contribution in [0.25, 0.3) is 21.7 Å². The minimum atomic E-state index is -1.55. The fraction of sp³-hybridized carbons (Fsp3) is 0.111. The molecule has 0 spiro atoms. The summed E-state index contributed by atoms with van der Waals surface area (Å²) in [6.07, 6.45) is 3.79. The molecule has 8 aromatic rings. The van der Waals surface area contributed by atoms with Gasteiger partial charge in [-0.25, -0.2) is 9.88 Å². The van der Waals surface area contributed by atoms with Gasteiger partial charge in [-0.2, -0.15) is 0 Å². The number of hydrogen-bond donors (Lipinski definition) is 1. The van der Waals surface area contributed by atoms with Crippen LogP contribution in [0, 0.1) is 0 Å². The molecule has 1 fully saturated rings. The van der Waals surface area contributed by atoms with Gasteiger partial charge in [0.25, 0.3) is 17.4 Å². The number of H-pyrrole nitrogens is 1. The molecule has 4 aliphatic rings. The van der Waals surface area contributed by atoms with Crippen LogP contribution in [0.15, 0.2) is 138 Å². The molecule has 2 heterocycles. The van der Waals surface area contributed by atoms with Crippen molar-refractivity contribution in [2.45, 2.75) is 37.5 Å². The number of carbonyl (C=O) groups is 6. The van der Waals surface area contributed by atoms with Crippen molar-refractivity contribution in [3.05, 3.63) is 200 Å². The van der Waals surface area contributed by atoms with Gasteiger partial charge < -0.3 is 14.5 Å². The van der Waals surface area contributed by atoms with E-state index in [-0.39, 0.29) is 67.2 Å². The van der Waals surface area contributed by atoms with Crippen LogP contribution in [0.1, 0.15) is 122 Å². The van der Waals surface area contributed by atoms with Crippen LogP contribution < -0.4 is 19.9 Å². The van der Waals surface area contributed by atoms with Crippen LogP contribution in [0.3, 0.4) is 0 Å². The van der Waals surface area contributed by atoms with Crippen molar-refractivity contribution >= 4 is 62.3 Å². The van der Waals surface area contributed by atoms with Gasteiger partial charge in [0.05, 0.1) is 33.3 Å². The lowest BCUT2D eigenvalue weighted by Gasteiger charge is -2.22. The minimum Gasteiger partial charge on any atom is -0.457 e. The monoisotopic (exact) mass is 867 g/mol. The van der Waals surface area contributed by atoms with Crippen LogP contribution >= 0.6 is 0 Å². The molecule has 1 aromatic heterocycles. The van der Waals surface area contributed by atoms with E-state index in [0.29, 0.717) is 39.5 Å². The first-order chi connectivity index (χ1) is 32.1. The Morgan fingerprint density at radius 3 is 1.76 bits per heavy atom. The van der Waals surface area contributed by atoms with E-state index in [1.165, 1.54) is 35.2 Å². The second kappa shape index (κ2) is 14.7. The van der Waals surface area contributed by atoms with Crippen LogP contribution in [0.2, 0.25) is 0 Å². The van der Waals surface area contributed by atoms with E-state index < -0.39 is 46.4 Å². The molecule has 2 amide bonds. The predicted molar refractivity (Wildman–Crippen MR) is 243 cm³/mol. The number of benzene rings is 7. The molecule has 12 rings (SSSR count). The molecule has 0 unspecified atom stereocenters. The number of imide groups is 1. The number of amides is 2. The first-order valence-electron chi connectivity index (χ1n) is 21.6. The second-order valence-electron chi connectivity index (χ2n) is 17.0. The number of ether oxygens (including phenoxy) is 2. The highest BCUT2D eigenvalue weighted by atomic mass is 16.5. The van der Waals surface area contributed by atoms with Gasteiger partial charge in [0.15, 0.2) is 23.1 Å². The van der Waals surface area contributed by atoms with Crippen molar-refractivity contribution in [1.82, 2.24) is 9.97 Å². The molecule has 66 heavy (non-hydrogen) atoms. The number of hydrogen-bond acceptors (Lipinski definition) is 10. The predicted octanol–water partition coefficient (Wildman–Crippen LogP) is 10.1. The van der Waals surface area contributed by atoms with Crippen molar-refractivity contribution in [3.8, 4) is 23.0 Å². The topological polar surface area (TPSA) is 170 Å². The molecule has 12 nitrogen and oxygen atoms in total. The Balaban J connectivity index is 0.864. The fourth-order valence-corrected chi connectivity index (χ4v) is 10.0. The van der Waals surface area contributed by atoms with Crippen LogP contribution in [0.5, 0.6) is 23.0 Å². The van der Waals surface area contributed by atoms with E-state index in [9.17, 15) is 33.6 Å². The first kappa shape index (κ1) is 39.0. The molecule has 0 bridgehead atoms. The van der Waals surface area contributed by atoms with E-state index in [1.54, 1.807) is 48.5 Å². The summed E-state index contributed by atoms with van der Waals surface area (Å²) in [5, 5.41) is 0.924. The Labute approximate surface area is 374 Å². The summed E-state index contributed by atoms with van der Waals surface area (Å²) in [5.41, 5.74) is 1.32. The third kappa shape index (κ3) is 5.98. The van der Waals surface area contributed by atoms with Crippen LogP contribution in [-0.2, 0) is 0 Å². The number of carbonyl (C=O) groups excluding carboxylic acids is 6. The average Bonchev–Trinajstić information content (AvgIpc) is 4.02. The van der Waals surface area contributed by atoms with E-state index in [0.717, 1.165) is 31.2 Å². The number of anilines is 1. The van der Waals surface area contributed by atoms with Crippen molar-refractivity contribution in [1.29, 1.82) is 0 Å². The fourth-order valence-electron chi connectivity index (χ4n) is 10.0. The van der Waals surface area contributed by atoms with Crippen molar-refractivity contribution < 1.29 is 38.2 Å². The third-order valence-electron chi connectivity index (χ3n) is 13.1. The van der Waals surface area contributed by atoms with Crippen molar-refractivity contribution in [2.24, 2.45) is 0 Å². The molecular formula is C54H33N3O9. The molecule has 0 radical (unpaired) electrons. The Bertz CT molecular complexity index is 3530. The number of nitrogens with zero attached hydrogens (tertiary/aromatic N) is 2. The summed E-state index contributed by atoms with van der Waals surface area (Å²) in [7, 11) is 0. The summed E-state index contributed by atoms with van der Waals surface area (Å²) < 4.78 is 12.3. The first-order valence-corrected chi connectivity index (χ1v) is 21.6. The number of aromatic nitrogens is 2. The number of rotatable bonds is 7. The van der Waals surface area contributed by atoms with Gasteiger partial charge in [0, 0.05) is 33.9 Å². The number of nitrogens with one attached hydrogen (secondary N) is 1. The second-order valence-corrected chi connectivity index (χ2v) is 17.0. The largest absolute Gasteiger partial charge is 0.457 e. The quantitative estimate of drug-likeness (QED) is 0.120. The van der Waals surface area contributed by atoms with Gasteiger partial charge in [0.1, 0.15) is 34.7 Å². The van der Waals surface area contributed by atoms with E-state index in [4.69, 9.17) is 9.47 Å². The summed E-state index contributed by atoms with van der Waals surface area (Å²) in [6.45, 7) is 0. The Morgan fingerprint density at radius 1 is 0.515 bits per heavy atom. The number of fused-ring (bicyclic) bond motifs is 7. The number of Topliss-reactive ketones (excluding diaryl/α,β-unsaturated/α-hetero) is 2. The molecule has 1 N–H and O–H groups in total. The molecule has 1 saturated carbocycles.